The largest absolute Gasteiger partial charge is 0.322 e. The maximum absolute atomic E-state index is 12.8. The van der Waals surface area contributed by atoms with Crippen LogP contribution in [-0.2, 0) is 11.8 Å². The van der Waals surface area contributed by atoms with Gasteiger partial charge in [-0.1, -0.05) is 18.2 Å². The van der Waals surface area contributed by atoms with Crippen LogP contribution in [0, 0.1) is 0 Å². The van der Waals surface area contributed by atoms with Gasteiger partial charge in [0, 0.05) is 32.0 Å². The van der Waals surface area contributed by atoms with E-state index in [1.54, 1.807) is 33.9 Å². The van der Waals surface area contributed by atoms with E-state index in [-0.39, 0.29) is 11.9 Å². The number of amides is 3. The van der Waals surface area contributed by atoms with Gasteiger partial charge < -0.3 is 15.1 Å². The van der Waals surface area contributed by atoms with E-state index in [9.17, 15) is 9.59 Å². The van der Waals surface area contributed by atoms with Gasteiger partial charge in [0.25, 0.3) is 0 Å². The molecular weight excluding hydrogens is 306 g/mol. The van der Waals surface area contributed by atoms with Crippen molar-refractivity contribution in [2.45, 2.75) is 19.4 Å². The fraction of sp³-hybridized carbons (Fsp3) is 0.353. The standard InChI is InChI=1S/C17H21N5O2/c1-3-21(17(24)19-13-11-18-20(2)12-13)15-9-10-22(16(15)23)14-7-5-4-6-8-14/h4-8,11-12,15H,3,9-10H2,1-2H3,(H,19,24)/t15-/m1/s1. The summed E-state index contributed by atoms with van der Waals surface area (Å²) in [7, 11) is 1.78. The highest BCUT2D eigenvalue weighted by Crippen LogP contribution is 2.24. The van der Waals surface area contributed by atoms with Gasteiger partial charge in [0.05, 0.1) is 11.9 Å². The molecule has 1 atom stereocenters. The van der Waals surface area contributed by atoms with E-state index in [2.05, 4.69) is 10.4 Å². The highest BCUT2D eigenvalue weighted by atomic mass is 16.2. The van der Waals surface area contributed by atoms with Crippen LogP contribution in [0.5, 0.6) is 0 Å². The minimum absolute atomic E-state index is 0.0376. The van der Waals surface area contributed by atoms with Crippen molar-refractivity contribution in [3.63, 3.8) is 0 Å². The van der Waals surface area contributed by atoms with Crippen molar-refractivity contribution in [3.05, 3.63) is 42.7 Å². The molecule has 0 bridgehead atoms. The Hall–Kier alpha value is -2.83. The second kappa shape index (κ2) is 6.74. The first-order valence-electron chi connectivity index (χ1n) is 8.03. The molecule has 1 N–H and O–H groups in total. The van der Waals surface area contributed by atoms with E-state index in [0.29, 0.717) is 25.2 Å². The molecule has 3 rings (SSSR count). The number of nitrogens with one attached hydrogen (secondary N) is 1. The zero-order chi connectivity index (χ0) is 17.1. The summed E-state index contributed by atoms with van der Waals surface area (Å²) in [6, 6.07) is 8.83. The molecule has 1 aromatic carbocycles. The quantitative estimate of drug-likeness (QED) is 0.934. The highest BCUT2D eigenvalue weighted by Gasteiger charge is 2.38. The van der Waals surface area contributed by atoms with Crippen LogP contribution in [0.3, 0.4) is 0 Å². The lowest BCUT2D eigenvalue weighted by molar-refractivity contribution is -0.120. The number of carbonyl (C=O) groups excluding carboxylic acids is 2. The number of hydrogen-bond donors (Lipinski definition) is 1. The lowest BCUT2D eigenvalue weighted by Crippen LogP contribution is -2.47. The number of nitrogens with zero attached hydrogens (tertiary/aromatic N) is 4. The fourth-order valence-corrected chi connectivity index (χ4v) is 3.00. The van der Waals surface area contributed by atoms with Crippen LogP contribution in [0.4, 0.5) is 16.2 Å². The predicted octanol–water partition coefficient (Wildman–Crippen LogP) is 2.08. The van der Waals surface area contributed by atoms with Crippen LogP contribution < -0.4 is 10.2 Å². The van der Waals surface area contributed by atoms with Crippen molar-refractivity contribution in [2.75, 3.05) is 23.3 Å². The lowest BCUT2D eigenvalue weighted by atomic mass is 10.2. The van der Waals surface area contributed by atoms with Crippen LogP contribution in [-0.4, -0.2) is 45.8 Å². The summed E-state index contributed by atoms with van der Waals surface area (Å²) in [6.07, 6.45) is 3.93. The van der Waals surface area contributed by atoms with Gasteiger partial charge in [0.1, 0.15) is 6.04 Å². The molecule has 2 aromatic rings. The van der Waals surface area contributed by atoms with Crippen LogP contribution in [0.25, 0.3) is 0 Å². The normalized spacial score (nSPS) is 17.2. The van der Waals surface area contributed by atoms with Crippen LogP contribution >= 0.6 is 0 Å². The second-order valence-corrected chi connectivity index (χ2v) is 5.75. The average molecular weight is 327 g/mol. The maximum Gasteiger partial charge on any atom is 0.322 e. The molecule has 7 heteroatoms. The van der Waals surface area contributed by atoms with Gasteiger partial charge in [-0.2, -0.15) is 5.10 Å². The molecule has 126 valence electrons. The van der Waals surface area contributed by atoms with E-state index in [1.165, 1.54) is 0 Å². The molecule has 1 aliphatic heterocycles. The number of anilines is 2. The molecule has 0 radical (unpaired) electrons. The number of benzene rings is 1. The minimum Gasteiger partial charge on any atom is -0.313 e. The molecule has 24 heavy (non-hydrogen) atoms. The lowest BCUT2D eigenvalue weighted by Gasteiger charge is -2.26. The summed E-state index contributed by atoms with van der Waals surface area (Å²) in [5, 5.41) is 6.83. The fourth-order valence-electron chi connectivity index (χ4n) is 3.00. The molecule has 0 aliphatic carbocycles. The van der Waals surface area contributed by atoms with Gasteiger partial charge in [-0.15, -0.1) is 0 Å². The summed E-state index contributed by atoms with van der Waals surface area (Å²) >= 11 is 0. The van der Waals surface area contributed by atoms with Crippen molar-refractivity contribution in [3.8, 4) is 0 Å². The Morgan fingerprint density at radius 1 is 1.38 bits per heavy atom. The topological polar surface area (TPSA) is 70.5 Å². The first-order chi connectivity index (χ1) is 11.6. The van der Waals surface area contributed by atoms with Crippen LogP contribution in [0.1, 0.15) is 13.3 Å². The Balaban J connectivity index is 1.72. The molecule has 1 fully saturated rings. The van der Waals surface area contributed by atoms with E-state index in [4.69, 9.17) is 0 Å². The van der Waals surface area contributed by atoms with Crippen molar-refractivity contribution in [2.24, 2.45) is 7.05 Å². The third-order valence-electron chi connectivity index (χ3n) is 4.18. The number of likely N-dealkylation sites (N-methyl/N-ethyl adjacent to an activating group) is 1. The first kappa shape index (κ1) is 16.0. The van der Waals surface area contributed by atoms with Crippen LogP contribution in [0.15, 0.2) is 42.7 Å². The number of aromatic nitrogens is 2. The first-order valence-corrected chi connectivity index (χ1v) is 8.03. The molecule has 0 saturated carbocycles. The van der Waals surface area contributed by atoms with Gasteiger partial charge in [0.2, 0.25) is 5.91 Å². The molecule has 1 aliphatic rings. The molecular formula is C17H21N5O2. The number of aryl methyl sites for hydroxylation is 1. The van der Waals surface area contributed by atoms with Crippen molar-refractivity contribution in [1.29, 1.82) is 0 Å². The molecule has 1 saturated heterocycles. The number of rotatable bonds is 4. The SMILES string of the molecule is CCN(C(=O)Nc1cnn(C)c1)[C@@H]1CCN(c2ccccc2)C1=O. The van der Waals surface area contributed by atoms with Crippen molar-refractivity contribution in [1.82, 2.24) is 14.7 Å². The van der Waals surface area contributed by atoms with E-state index >= 15 is 0 Å². The summed E-state index contributed by atoms with van der Waals surface area (Å²) in [4.78, 5) is 28.6. The van der Waals surface area contributed by atoms with Gasteiger partial charge in [-0.3, -0.25) is 9.48 Å². The molecule has 0 spiro atoms. The minimum atomic E-state index is -0.438. The zero-order valence-corrected chi connectivity index (χ0v) is 13.8. The molecule has 7 nitrogen and oxygen atoms in total. The number of urea groups is 1. The molecule has 0 unspecified atom stereocenters. The van der Waals surface area contributed by atoms with Gasteiger partial charge in [0.15, 0.2) is 0 Å². The number of hydrogen-bond acceptors (Lipinski definition) is 3. The van der Waals surface area contributed by atoms with Crippen LogP contribution in [0.2, 0.25) is 0 Å². The Morgan fingerprint density at radius 3 is 2.75 bits per heavy atom. The van der Waals surface area contributed by atoms with Crippen molar-refractivity contribution < 1.29 is 9.59 Å². The zero-order valence-electron chi connectivity index (χ0n) is 13.8. The predicted molar refractivity (Wildman–Crippen MR) is 91.8 cm³/mol. The molecule has 1 aromatic heterocycles. The monoisotopic (exact) mass is 327 g/mol. The summed E-state index contributed by atoms with van der Waals surface area (Å²) in [5.41, 5.74) is 1.49. The molecule has 3 amide bonds. The maximum atomic E-state index is 12.8. The van der Waals surface area contributed by atoms with E-state index < -0.39 is 6.04 Å². The third-order valence-corrected chi connectivity index (χ3v) is 4.18. The third kappa shape index (κ3) is 3.10. The van der Waals surface area contributed by atoms with Crippen molar-refractivity contribution >= 4 is 23.3 Å². The number of para-hydroxylation sites is 1. The van der Waals surface area contributed by atoms with Gasteiger partial charge in [-0.05, 0) is 25.5 Å². The summed E-state index contributed by atoms with van der Waals surface area (Å²) in [5.74, 6) is -0.0376. The van der Waals surface area contributed by atoms with E-state index in [1.807, 2.05) is 37.3 Å². The Morgan fingerprint density at radius 2 is 2.12 bits per heavy atom. The summed E-state index contributed by atoms with van der Waals surface area (Å²) < 4.78 is 1.61. The Labute approximate surface area is 140 Å². The second-order valence-electron chi connectivity index (χ2n) is 5.75. The smallest absolute Gasteiger partial charge is 0.313 e. The Bertz CT molecular complexity index is 728. The average Bonchev–Trinajstić information content (AvgIpc) is 3.16. The molecule has 2 heterocycles. The highest BCUT2D eigenvalue weighted by molar-refractivity contribution is 6.02. The number of carbonyl (C=O) groups is 2. The van der Waals surface area contributed by atoms with E-state index in [0.717, 1.165) is 5.69 Å². The Kier molecular flexibility index (Phi) is 4.50. The summed E-state index contributed by atoms with van der Waals surface area (Å²) in [6.45, 7) is 2.95. The van der Waals surface area contributed by atoms with Gasteiger partial charge >= 0.3 is 6.03 Å². The van der Waals surface area contributed by atoms with Gasteiger partial charge in [-0.25, -0.2) is 4.79 Å².